The lowest BCUT2D eigenvalue weighted by Gasteiger charge is -2.18. The normalized spacial score (nSPS) is 11.5. The van der Waals surface area contributed by atoms with E-state index in [1.807, 2.05) is 76.2 Å². The highest BCUT2D eigenvalue weighted by molar-refractivity contribution is 9.10. The highest BCUT2D eigenvalue weighted by Crippen LogP contribution is 2.28. The molecule has 0 heterocycles. The van der Waals surface area contributed by atoms with Crippen molar-refractivity contribution in [2.75, 3.05) is 0 Å². The summed E-state index contributed by atoms with van der Waals surface area (Å²) in [6.45, 7) is 11.1. The number of rotatable bonds is 18. The Morgan fingerprint density at radius 1 is 0.600 bits per heavy atom. The van der Waals surface area contributed by atoms with Crippen LogP contribution in [-0.2, 0) is 22.4 Å². The molecule has 2 unspecified atom stereocenters. The van der Waals surface area contributed by atoms with E-state index >= 15 is 0 Å². The predicted molar refractivity (Wildman–Crippen MR) is 277 cm³/mol. The van der Waals surface area contributed by atoms with E-state index in [2.05, 4.69) is 26.6 Å². The number of hydrogen-bond acceptors (Lipinski definition) is 8. The van der Waals surface area contributed by atoms with Crippen LogP contribution in [0.5, 0.6) is 11.5 Å². The van der Waals surface area contributed by atoms with Crippen LogP contribution < -0.4 is 25.6 Å². The lowest BCUT2D eigenvalue weighted by molar-refractivity contribution is -0.121. The summed E-state index contributed by atoms with van der Waals surface area (Å²) in [6.07, 6.45) is 1.36. The molecule has 368 valence electrons. The Hall–Kier alpha value is -5.90. The summed E-state index contributed by atoms with van der Waals surface area (Å²) in [5.41, 5.74) is 3.74. The van der Waals surface area contributed by atoms with Gasteiger partial charge in [0.05, 0.1) is 34.3 Å². The van der Waals surface area contributed by atoms with Crippen molar-refractivity contribution in [3.05, 3.63) is 182 Å². The van der Waals surface area contributed by atoms with Crippen LogP contribution in [0.3, 0.4) is 0 Å². The first-order valence-electron chi connectivity index (χ1n) is 22.6. The molecule has 6 aromatic carbocycles. The van der Waals surface area contributed by atoms with Crippen LogP contribution in [0.15, 0.2) is 138 Å². The number of nitrogens with one attached hydrogen (secondary N) is 2. The van der Waals surface area contributed by atoms with Crippen LogP contribution in [0.4, 0.5) is 8.78 Å². The van der Waals surface area contributed by atoms with Gasteiger partial charge in [-0.25, -0.2) is 8.78 Å². The minimum Gasteiger partial charge on any atom is -0.489 e. The molecule has 0 aliphatic carbocycles. The van der Waals surface area contributed by atoms with Crippen LogP contribution in [-0.4, -0.2) is 64.8 Å². The first-order chi connectivity index (χ1) is 33.3. The Bertz CT molecular complexity index is 2690. The zero-order chi connectivity index (χ0) is 51.5. The van der Waals surface area contributed by atoms with Gasteiger partial charge >= 0.3 is 7.12 Å². The first kappa shape index (κ1) is 56.7. The van der Waals surface area contributed by atoms with E-state index < -0.39 is 25.0 Å². The maximum Gasteiger partial charge on any atom is 0.491 e. The molecular weight excluding hydrogens is 1000 g/mol. The molecule has 0 aromatic heterocycles. The largest absolute Gasteiger partial charge is 0.491 e. The summed E-state index contributed by atoms with van der Waals surface area (Å²) in [7, 11) is -1.72. The van der Waals surface area contributed by atoms with E-state index in [-0.39, 0.29) is 46.9 Å². The molecule has 0 fully saturated rings. The van der Waals surface area contributed by atoms with Crippen molar-refractivity contribution in [3.63, 3.8) is 0 Å². The summed E-state index contributed by atoms with van der Waals surface area (Å²) in [5, 5.41) is 23.4. The zero-order valence-corrected chi connectivity index (χ0v) is 42.7. The summed E-state index contributed by atoms with van der Waals surface area (Å²) in [5.74, 6) is -0.680. The molecule has 16 heteroatoms. The molecule has 0 saturated carbocycles. The maximum atomic E-state index is 14.0. The summed E-state index contributed by atoms with van der Waals surface area (Å²) >= 11 is 15.9. The van der Waals surface area contributed by atoms with E-state index in [0.29, 0.717) is 63.9 Å². The molecule has 10 nitrogen and oxygen atoms in total. The molecular formula is C54H56BBrCl2F2N2O8. The van der Waals surface area contributed by atoms with E-state index in [1.54, 1.807) is 62.4 Å². The Kier molecular flexibility index (Phi) is 22.7. The van der Waals surface area contributed by atoms with Crippen LogP contribution >= 0.6 is 39.1 Å². The van der Waals surface area contributed by atoms with Gasteiger partial charge in [-0.05, 0) is 118 Å². The second-order valence-corrected chi connectivity index (χ2v) is 18.2. The van der Waals surface area contributed by atoms with Gasteiger partial charge in [-0.1, -0.05) is 126 Å². The number of ketones is 2. The minimum atomic E-state index is -1.72. The molecule has 2 atom stereocenters. The summed E-state index contributed by atoms with van der Waals surface area (Å²) in [4.78, 5) is 50.3. The maximum absolute atomic E-state index is 14.0. The van der Waals surface area contributed by atoms with Crippen molar-refractivity contribution in [2.24, 2.45) is 0 Å². The SMILES string of the molecule is CCC(=O)C(Cc1ccc(-c2ccccc2F)cc1)NC(=O)c1ccc(OC(C)C)c(Cl)c1.CCC(=O)C(Cc1ccc(Br)cc1)NC(=O)c1ccc(OC(C)C)c(Cl)c1.OB(O)c1ccccc1F. The lowest BCUT2D eigenvalue weighted by atomic mass is 9.80. The smallest absolute Gasteiger partial charge is 0.489 e. The Morgan fingerprint density at radius 3 is 1.39 bits per heavy atom. The van der Waals surface area contributed by atoms with Crippen molar-refractivity contribution in [1.82, 2.24) is 10.6 Å². The highest BCUT2D eigenvalue weighted by Gasteiger charge is 2.23. The van der Waals surface area contributed by atoms with Crippen LogP contribution in [0.1, 0.15) is 86.2 Å². The van der Waals surface area contributed by atoms with E-state index in [4.69, 9.17) is 42.7 Å². The van der Waals surface area contributed by atoms with Crippen molar-refractivity contribution in [3.8, 4) is 22.6 Å². The van der Waals surface area contributed by atoms with E-state index in [1.165, 1.54) is 36.4 Å². The molecule has 0 saturated heterocycles. The molecule has 0 bridgehead atoms. The fourth-order valence-corrected chi connectivity index (χ4v) is 7.46. The van der Waals surface area contributed by atoms with Crippen LogP contribution in [0.2, 0.25) is 10.0 Å². The standard InChI is InChI=1S/C27H27ClFNO3.C21H23BrClNO3.C6H6BFO2/c1-4-25(31)24(30-27(32)20-13-14-26(22(28)16-20)33-17(2)3)15-18-9-11-19(12-10-18)21-7-5-6-8-23(21)29;1-4-19(25)18(11-14-5-8-16(22)9-6-14)24-21(26)15-7-10-20(17(23)12-15)27-13(2)3;8-6-4-2-1-3-5(6)7(9)10/h5-14,16-17,24H,4,15H2,1-3H3,(H,30,32);5-10,12-13,18H,4,11H2,1-3H3,(H,24,26);1-4,9-10H. The van der Waals surface area contributed by atoms with Gasteiger partial charge in [0.2, 0.25) is 0 Å². The Morgan fingerprint density at radius 2 is 1.01 bits per heavy atom. The summed E-state index contributed by atoms with van der Waals surface area (Å²) < 4.78 is 38.7. The first-order valence-corrected chi connectivity index (χ1v) is 24.1. The molecule has 4 N–H and O–H groups in total. The van der Waals surface area contributed by atoms with Crippen LogP contribution in [0.25, 0.3) is 11.1 Å². The third-order valence-corrected chi connectivity index (χ3v) is 11.4. The molecule has 0 aliphatic heterocycles. The monoisotopic (exact) mass is 1060 g/mol. The minimum absolute atomic E-state index is 0.0142. The third kappa shape index (κ3) is 17.8. The molecule has 6 aromatic rings. The summed E-state index contributed by atoms with van der Waals surface area (Å²) in [6, 6.07) is 35.5. The number of amides is 2. The van der Waals surface area contributed by atoms with Crippen molar-refractivity contribution in [2.45, 2.75) is 91.5 Å². The fraction of sp³-hybridized carbons (Fsp3) is 0.259. The number of halogens is 5. The number of carbonyl (C=O) groups excluding carboxylic acids is 4. The number of benzene rings is 6. The molecule has 0 spiro atoms. The van der Waals surface area contributed by atoms with Crippen LogP contribution in [0, 0.1) is 11.6 Å². The molecule has 70 heavy (non-hydrogen) atoms. The lowest BCUT2D eigenvalue weighted by Crippen LogP contribution is -2.42. The number of carbonyl (C=O) groups is 4. The van der Waals surface area contributed by atoms with E-state index in [9.17, 15) is 28.0 Å². The quantitative estimate of drug-likeness (QED) is 0.0621. The molecule has 0 radical (unpaired) electrons. The Balaban J connectivity index is 0.000000258. The molecule has 0 aliphatic rings. The highest BCUT2D eigenvalue weighted by atomic mass is 79.9. The van der Waals surface area contributed by atoms with Gasteiger partial charge in [0.25, 0.3) is 11.8 Å². The number of Topliss-reactive ketones (excluding diaryl/α,β-unsaturated/α-hetero) is 2. The van der Waals surface area contributed by atoms with Gasteiger partial charge in [-0.15, -0.1) is 0 Å². The average molecular weight is 1060 g/mol. The predicted octanol–water partition coefficient (Wildman–Crippen LogP) is 11.0. The zero-order valence-electron chi connectivity index (χ0n) is 39.7. The van der Waals surface area contributed by atoms with Crippen molar-refractivity contribution < 1.29 is 47.5 Å². The number of ether oxygens (including phenoxy) is 2. The molecule has 6 rings (SSSR count). The third-order valence-electron chi connectivity index (χ3n) is 10.3. The average Bonchev–Trinajstić information content (AvgIpc) is 3.33. The number of hydrogen-bond donors (Lipinski definition) is 4. The van der Waals surface area contributed by atoms with Crippen molar-refractivity contribution >= 4 is 75.1 Å². The second-order valence-electron chi connectivity index (χ2n) is 16.4. The topological polar surface area (TPSA) is 151 Å². The van der Waals surface area contributed by atoms with Gasteiger partial charge < -0.3 is 30.2 Å². The van der Waals surface area contributed by atoms with Gasteiger partial charge in [0, 0.05) is 39.5 Å². The van der Waals surface area contributed by atoms with Crippen molar-refractivity contribution in [1.29, 1.82) is 0 Å². The van der Waals surface area contributed by atoms with Gasteiger partial charge in [0.1, 0.15) is 23.1 Å². The van der Waals surface area contributed by atoms with E-state index in [0.717, 1.165) is 21.2 Å². The Labute approximate surface area is 427 Å². The fourth-order valence-electron chi connectivity index (χ4n) is 6.74. The van der Waals surface area contributed by atoms with Gasteiger partial charge in [-0.2, -0.15) is 0 Å². The molecule has 2 amide bonds. The second kappa shape index (κ2) is 28.1. The van der Waals surface area contributed by atoms with Gasteiger partial charge in [0.15, 0.2) is 11.6 Å². The van der Waals surface area contributed by atoms with Gasteiger partial charge in [-0.3, -0.25) is 19.2 Å².